The molecule has 1 saturated heterocycles. The van der Waals surface area contributed by atoms with Crippen molar-refractivity contribution >= 4 is 28.3 Å². The number of fused-ring (bicyclic) bond motifs is 1. The number of amides is 2. The molecule has 0 saturated carbocycles. The lowest BCUT2D eigenvalue weighted by Gasteiger charge is -2.36. The van der Waals surface area contributed by atoms with Crippen molar-refractivity contribution in [1.29, 1.82) is 0 Å². The summed E-state index contributed by atoms with van der Waals surface area (Å²) in [5.41, 5.74) is 1.55. The van der Waals surface area contributed by atoms with Crippen molar-refractivity contribution in [3.05, 3.63) is 78.8 Å². The number of carbonyl (C=O) groups is 1. The number of nitrogens with one attached hydrogen (secondary N) is 2. The highest BCUT2D eigenvalue weighted by atomic mass is 19.1. The van der Waals surface area contributed by atoms with Crippen molar-refractivity contribution in [3.63, 3.8) is 0 Å². The molecule has 2 N–H and O–H groups in total. The summed E-state index contributed by atoms with van der Waals surface area (Å²) in [6.45, 7) is 2.36. The maximum atomic E-state index is 13.9. The molecule has 2 aromatic heterocycles. The molecule has 4 aromatic rings. The van der Waals surface area contributed by atoms with Crippen molar-refractivity contribution in [1.82, 2.24) is 14.9 Å². The second-order valence-electron chi connectivity index (χ2n) is 7.70. The van der Waals surface area contributed by atoms with Crippen LogP contribution in [0.5, 0.6) is 11.5 Å². The molecular formula is C24H21F2N5O2. The number of carbonyl (C=O) groups excluding carboxylic acids is 1. The van der Waals surface area contributed by atoms with Crippen LogP contribution in [0.3, 0.4) is 0 Å². The molecule has 2 amide bonds. The number of H-pyrrole nitrogens is 1. The molecule has 9 heteroatoms. The lowest BCUT2D eigenvalue weighted by atomic mass is 10.2. The van der Waals surface area contributed by atoms with E-state index in [1.165, 1.54) is 12.3 Å². The quantitative estimate of drug-likeness (QED) is 0.461. The fourth-order valence-electron chi connectivity index (χ4n) is 3.89. The van der Waals surface area contributed by atoms with E-state index >= 15 is 0 Å². The lowest BCUT2D eigenvalue weighted by molar-refractivity contribution is 0.208. The summed E-state index contributed by atoms with van der Waals surface area (Å²) in [7, 11) is 0. The Bertz CT molecular complexity index is 1270. The maximum absolute atomic E-state index is 13.9. The molecule has 1 aliphatic heterocycles. The van der Waals surface area contributed by atoms with Crippen LogP contribution in [-0.2, 0) is 0 Å². The SMILES string of the molecule is O=C(Nc1c[nH]c2c(F)cc(F)cc12)N1CCN(c2ccc(Oc3cccnc3)cc2)CC1. The minimum Gasteiger partial charge on any atom is -0.456 e. The molecule has 168 valence electrons. The molecule has 1 aliphatic rings. The molecule has 0 atom stereocenters. The number of anilines is 2. The Morgan fingerprint density at radius 3 is 2.55 bits per heavy atom. The van der Waals surface area contributed by atoms with E-state index in [0.29, 0.717) is 43.0 Å². The van der Waals surface area contributed by atoms with Crippen LogP contribution in [0.1, 0.15) is 0 Å². The molecular weight excluding hydrogens is 428 g/mol. The summed E-state index contributed by atoms with van der Waals surface area (Å²) >= 11 is 0. The first kappa shape index (κ1) is 20.7. The van der Waals surface area contributed by atoms with E-state index in [0.717, 1.165) is 17.5 Å². The van der Waals surface area contributed by atoms with Crippen LogP contribution in [-0.4, -0.2) is 47.1 Å². The average molecular weight is 449 g/mol. The lowest BCUT2D eigenvalue weighted by Crippen LogP contribution is -2.50. The van der Waals surface area contributed by atoms with E-state index < -0.39 is 11.6 Å². The first-order valence-electron chi connectivity index (χ1n) is 10.5. The number of rotatable bonds is 4. The highest BCUT2D eigenvalue weighted by molar-refractivity contribution is 6.01. The van der Waals surface area contributed by atoms with Crippen LogP contribution in [0.15, 0.2) is 67.1 Å². The van der Waals surface area contributed by atoms with E-state index in [-0.39, 0.29) is 11.5 Å². The number of benzene rings is 2. The Balaban J connectivity index is 1.18. The van der Waals surface area contributed by atoms with Gasteiger partial charge in [-0.3, -0.25) is 4.98 Å². The maximum Gasteiger partial charge on any atom is 0.322 e. The van der Waals surface area contributed by atoms with Crippen LogP contribution in [0.2, 0.25) is 0 Å². The van der Waals surface area contributed by atoms with E-state index in [4.69, 9.17) is 4.74 Å². The summed E-state index contributed by atoms with van der Waals surface area (Å²) in [5.74, 6) is -0.00143. The van der Waals surface area contributed by atoms with Gasteiger partial charge in [0, 0.05) is 55.7 Å². The van der Waals surface area contributed by atoms with E-state index in [2.05, 4.69) is 20.2 Å². The summed E-state index contributed by atoms with van der Waals surface area (Å²) < 4.78 is 33.2. The van der Waals surface area contributed by atoms with Gasteiger partial charge in [0.15, 0.2) is 0 Å². The normalized spacial score (nSPS) is 13.9. The summed E-state index contributed by atoms with van der Waals surface area (Å²) in [6.07, 6.45) is 4.81. The Hall–Kier alpha value is -4.14. The van der Waals surface area contributed by atoms with Crippen LogP contribution >= 0.6 is 0 Å². The molecule has 5 rings (SSSR count). The highest BCUT2D eigenvalue weighted by Gasteiger charge is 2.22. The van der Waals surface area contributed by atoms with Gasteiger partial charge in [0.1, 0.15) is 23.1 Å². The highest BCUT2D eigenvalue weighted by Crippen LogP contribution is 2.27. The Labute approximate surface area is 188 Å². The van der Waals surface area contributed by atoms with Gasteiger partial charge in [-0.25, -0.2) is 13.6 Å². The van der Waals surface area contributed by atoms with Gasteiger partial charge in [-0.1, -0.05) is 0 Å². The monoisotopic (exact) mass is 449 g/mol. The fourth-order valence-corrected chi connectivity index (χ4v) is 3.89. The third-order valence-corrected chi connectivity index (χ3v) is 5.59. The van der Waals surface area contributed by atoms with Crippen molar-refractivity contribution in [2.45, 2.75) is 0 Å². The van der Waals surface area contributed by atoms with Crippen molar-refractivity contribution < 1.29 is 18.3 Å². The molecule has 0 aliphatic carbocycles. The van der Waals surface area contributed by atoms with Crippen molar-refractivity contribution in [3.8, 4) is 11.5 Å². The third-order valence-electron chi connectivity index (χ3n) is 5.59. The largest absolute Gasteiger partial charge is 0.456 e. The molecule has 0 unspecified atom stereocenters. The third kappa shape index (κ3) is 4.43. The molecule has 3 heterocycles. The predicted octanol–water partition coefficient (Wildman–Crippen LogP) is 4.99. The second-order valence-corrected chi connectivity index (χ2v) is 7.70. The first-order chi connectivity index (χ1) is 16.1. The number of hydrogen-bond acceptors (Lipinski definition) is 4. The molecule has 0 radical (unpaired) electrons. The number of urea groups is 1. The van der Waals surface area contributed by atoms with E-state index in [9.17, 15) is 13.6 Å². The molecule has 7 nitrogen and oxygen atoms in total. The number of aromatic nitrogens is 2. The molecule has 1 fully saturated rings. The number of halogens is 2. The van der Waals surface area contributed by atoms with Gasteiger partial charge >= 0.3 is 6.03 Å². The van der Waals surface area contributed by atoms with E-state index in [1.807, 2.05) is 36.4 Å². The van der Waals surface area contributed by atoms with Gasteiger partial charge in [-0.15, -0.1) is 0 Å². The summed E-state index contributed by atoms with van der Waals surface area (Å²) in [5, 5.41) is 3.06. The van der Waals surface area contributed by atoms with Crippen LogP contribution < -0.4 is 15.0 Å². The van der Waals surface area contributed by atoms with E-state index in [1.54, 1.807) is 17.3 Å². The van der Waals surface area contributed by atoms with Gasteiger partial charge in [0.25, 0.3) is 0 Å². The molecule has 0 spiro atoms. The van der Waals surface area contributed by atoms with Gasteiger partial charge < -0.3 is 24.8 Å². The number of hydrogen-bond donors (Lipinski definition) is 2. The standard InChI is InChI=1S/C24H21F2N5O2/c25-16-12-20-22(15-28-23(20)21(26)13-16)29-24(32)31-10-8-30(9-11-31)17-3-5-18(6-4-17)33-19-2-1-7-27-14-19/h1-7,12-15,28H,8-11H2,(H,29,32). The van der Waals surface area contributed by atoms with Gasteiger partial charge in [0.2, 0.25) is 0 Å². The first-order valence-corrected chi connectivity index (χ1v) is 10.5. The van der Waals surface area contributed by atoms with Gasteiger partial charge in [-0.2, -0.15) is 0 Å². The molecule has 2 aromatic carbocycles. The second kappa shape index (κ2) is 8.78. The number of ether oxygens (including phenoxy) is 1. The van der Waals surface area contributed by atoms with Gasteiger partial charge in [0.05, 0.1) is 17.4 Å². The minimum absolute atomic E-state index is 0.160. The Morgan fingerprint density at radius 1 is 1.03 bits per heavy atom. The number of nitrogens with zero attached hydrogens (tertiary/aromatic N) is 3. The Morgan fingerprint density at radius 2 is 1.82 bits per heavy atom. The average Bonchev–Trinajstić information content (AvgIpc) is 3.23. The number of aromatic amines is 1. The van der Waals surface area contributed by atoms with Gasteiger partial charge in [-0.05, 0) is 42.5 Å². The van der Waals surface area contributed by atoms with Crippen LogP contribution in [0.4, 0.5) is 25.0 Å². The minimum atomic E-state index is -0.698. The molecule has 33 heavy (non-hydrogen) atoms. The van der Waals surface area contributed by atoms with Crippen molar-refractivity contribution in [2.24, 2.45) is 0 Å². The predicted molar refractivity (Wildman–Crippen MR) is 122 cm³/mol. The van der Waals surface area contributed by atoms with Crippen LogP contribution in [0.25, 0.3) is 10.9 Å². The smallest absolute Gasteiger partial charge is 0.322 e. The number of piperazine rings is 1. The summed E-state index contributed by atoms with van der Waals surface area (Å²) in [6, 6.07) is 13.1. The Kier molecular flexibility index (Phi) is 5.52. The van der Waals surface area contributed by atoms with Crippen molar-refractivity contribution in [2.75, 3.05) is 36.4 Å². The fraction of sp³-hybridized carbons (Fsp3) is 0.167. The zero-order valence-electron chi connectivity index (χ0n) is 17.6. The zero-order valence-corrected chi connectivity index (χ0v) is 17.6. The number of pyridine rings is 1. The zero-order chi connectivity index (χ0) is 22.8. The topological polar surface area (TPSA) is 73.5 Å². The molecule has 0 bridgehead atoms. The summed E-state index contributed by atoms with van der Waals surface area (Å²) in [4.78, 5) is 23.4. The van der Waals surface area contributed by atoms with Crippen LogP contribution in [0, 0.1) is 11.6 Å².